The van der Waals surface area contributed by atoms with Crippen LogP contribution in [0.15, 0.2) is 21.1 Å². The summed E-state index contributed by atoms with van der Waals surface area (Å²) in [5.41, 5.74) is 1.67. The quantitative estimate of drug-likeness (QED) is 0.874. The van der Waals surface area contributed by atoms with Crippen molar-refractivity contribution in [3.63, 3.8) is 0 Å². The minimum absolute atomic E-state index is 0.0828. The summed E-state index contributed by atoms with van der Waals surface area (Å²) >= 11 is 3.40. The Morgan fingerprint density at radius 2 is 2.20 bits per heavy atom. The number of ether oxygens (including phenoxy) is 1. The predicted molar refractivity (Wildman–Crippen MR) is 77.4 cm³/mol. The number of halogens is 1. The third-order valence-electron chi connectivity index (χ3n) is 2.81. The van der Waals surface area contributed by atoms with Crippen molar-refractivity contribution in [3.8, 4) is 5.75 Å². The molecule has 0 aliphatic rings. The van der Waals surface area contributed by atoms with E-state index in [2.05, 4.69) is 33.0 Å². The molecule has 0 unspecified atom stereocenters. The third-order valence-corrected chi connectivity index (χ3v) is 3.27. The van der Waals surface area contributed by atoms with Gasteiger partial charge < -0.3 is 14.4 Å². The lowest BCUT2D eigenvalue weighted by Crippen LogP contribution is -2.01. The maximum Gasteiger partial charge on any atom is 0.264 e. The second-order valence-electron chi connectivity index (χ2n) is 4.51. The number of aliphatic hydroxyl groups is 1. The van der Waals surface area contributed by atoms with Crippen LogP contribution in [0.5, 0.6) is 5.75 Å². The van der Waals surface area contributed by atoms with Gasteiger partial charge in [-0.3, -0.25) is 0 Å². The Morgan fingerprint density at radius 3 is 2.90 bits per heavy atom. The van der Waals surface area contributed by atoms with Crippen molar-refractivity contribution in [2.75, 3.05) is 0 Å². The van der Waals surface area contributed by atoms with E-state index in [-0.39, 0.29) is 13.2 Å². The van der Waals surface area contributed by atoms with Gasteiger partial charge in [0.2, 0.25) is 0 Å². The fourth-order valence-electron chi connectivity index (χ4n) is 1.93. The van der Waals surface area contributed by atoms with E-state index in [0.717, 1.165) is 28.4 Å². The van der Waals surface area contributed by atoms with Crippen molar-refractivity contribution in [1.29, 1.82) is 0 Å². The van der Waals surface area contributed by atoms with Crippen LogP contribution in [0.2, 0.25) is 0 Å². The van der Waals surface area contributed by atoms with Crippen LogP contribution < -0.4 is 4.74 Å². The Hall–Kier alpha value is -1.40. The van der Waals surface area contributed by atoms with E-state index >= 15 is 0 Å². The number of benzene rings is 1. The molecule has 1 aromatic carbocycles. The molecule has 0 radical (unpaired) electrons. The van der Waals surface area contributed by atoms with Gasteiger partial charge in [-0.2, -0.15) is 4.98 Å². The number of rotatable bonds is 6. The number of nitrogens with zero attached hydrogens (tertiary/aromatic N) is 2. The molecular weight excluding hydrogens is 324 g/mol. The summed E-state index contributed by atoms with van der Waals surface area (Å²) in [6, 6.07) is 3.77. The van der Waals surface area contributed by atoms with Crippen LogP contribution >= 0.6 is 15.9 Å². The average molecular weight is 341 g/mol. The molecule has 0 aliphatic carbocycles. The van der Waals surface area contributed by atoms with E-state index < -0.39 is 0 Å². The monoisotopic (exact) mass is 340 g/mol. The lowest BCUT2D eigenvalue weighted by molar-refractivity contribution is 0.227. The van der Waals surface area contributed by atoms with E-state index in [1.807, 2.05) is 19.1 Å². The second kappa shape index (κ2) is 6.85. The first-order valence-corrected chi connectivity index (χ1v) is 7.27. The molecule has 20 heavy (non-hydrogen) atoms. The molecule has 2 aromatic rings. The van der Waals surface area contributed by atoms with Gasteiger partial charge in [0.25, 0.3) is 5.89 Å². The van der Waals surface area contributed by atoms with Crippen LogP contribution in [0.1, 0.15) is 36.2 Å². The standard InChI is InChI=1S/C14H17BrN2O3/c1-3-4-12-16-13(20-17-12)8-19-14-9(2)5-11(15)6-10(14)7-18/h5-6,18H,3-4,7-8H2,1-2H3. The number of aryl methyl sites for hydroxylation is 2. The normalized spacial score (nSPS) is 10.8. The molecule has 0 fully saturated rings. The molecule has 1 aromatic heterocycles. The molecule has 0 amide bonds. The summed E-state index contributed by atoms with van der Waals surface area (Å²) in [6.45, 7) is 4.10. The molecule has 0 atom stereocenters. The first-order chi connectivity index (χ1) is 9.63. The highest BCUT2D eigenvalue weighted by atomic mass is 79.9. The highest BCUT2D eigenvalue weighted by molar-refractivity contribution is 9.10. The Labute approximate surface area is 126 Å². The Bertz CT molecular complexity index is 584. The molecule has 6 heteroatoms. The van der Waals surface area contributed by atoms with Gasteiger partial charge in [-0.05, 0) is 31.0 Å². The van der Waals surface area contributed by atoms with E-state index in [1.165, 1.54) is 0 Å². The van der Waals surface area contributed by atoms with Crippen LogP contribution in [0.4, 0.5) is 0 Å². The third kappa shape index (κ3) is 3.58. The van der Waals surface area contributed by atoms with Crippen LogP contribution in [0, 0.1) is 6.92 Å². The zero-order chi connectivity index (χ0) is 14.5. The summed E-state index contributed by atoms with van der Waals surface area (Å²) in [4.78, 5) is 4.24. The summed E-state index contributed by atoms with van der Waals surface area (Å²) < 4.78 is 11.7. The summed E-state index contributed by atoms with van der Waals surface area (Å²) in [6.07, 6.45) is 1.77. The fourth-order valence-corrected chi connectivity index (χ4v) is 2.55. The smallest absolute Gasteiger partial charge is 0.264 e. The lowest BCUT2D eigenvalue weighted by Gasteiger charge is -2.12. The van der Waals surface area contributed by atoms with Crippen LogP contribution in [-0.4, -0.2) is 15.2 Å². The molecule has 0 aliphatic heterocycles. The Kier molecular flexibility index (Phi) is 5.14. The molecular formula is C14H17BrN2O3. The second-order valence-corrected chi connectivity index (χ2v) is 5.43. The van der Waals surface area contributed by atoms with Gasteiger partial charge in [-0.1, -0.05) is 28.0 Å². The predicted octanol–water partition coefficient (Wildman–Crippen LogP) is 3.16. The van der Waals surface area contributed by atoms with Crippen LogP contribution in [0.3, 0.4) is 0 Å². The molecule has 1 N–H and O–H groups in total. The molecule has 0 bridgehead atoms. The number of aromatic nitrogens is 2. The maximum atomic E-state index is 9.39. The first-order valence-electron chi connectivity index (χ1n) is 6.48. The molecule has 5 nitrogen and oxygen atoms in total. The van der Waals surface area contributed by atoms with E-state index in [9.17, 15) is 5.11 Å². The van der Waals surface area contributed by atoms with Gasteiger partial charge in [0, 0.05) is 16.5 Å². The maximum absolute atomic E-state index is 9.39. The van der Waals surface area contributed by atoms with E-state index in [1.54, 1.807) is 0 Å². The molecule has 0 spiro atoms. The lowest BCUT2D eigenvalue weighted by atomic mass is 10.1. The average Bonchev–Trinajstić information content (AvgIpc) is 2.85. The number of aliphatic hydroxyl groups excluding tert-OH is 1. The molecule has 2 rings (SSSR count). The largest absolute Gasteiger partial charge is 0.483 e. The zero-order valence-corrected chi connectivity index (χ0v) is 13.1. The SMILES string of the molecule is CCCc1noc(COc2c(C)cc(Br)cc2CO)n1. The van der Waals surface area contributed by atoms with Gasteiger partial charge in [-0.15, -0.1) is 0 Å². The van der Waals surface area contributed by atoms with Gasteiger partial charge >= 0.3 is 0 Å². The van der Waals surface area contributed by atoms with Crippen molar-refractivity contribution >= 4 is 15.9 Å². The van der Waals surface area contributed by atoms with Crippen molar-refractivity contribution in [2.45, 2.75) is 39.9 Å². The molecule has 108 valence electrons. The number of hydrogen-bond donors (Lipinski definition) is 1. The molecule has 1 heterocycles. The minimum atomic E-state index is -0.0828. The minimum Gasteiger partial charge on any atom is -0.483 e. The van der Waals surface area contributed by atoms with E-state index in [4.69, 9.17) is 9.26 Å². The van der Waals surface area contributed by atoms with Gasteiger partial charge in [0.05, 0.1) is 6.61 Å². The van der Waals surface area contributed by atoms with Gasteiger partial charge in [0.15, 0.2) is 12.4 Å². The molecule has 0 saturated carbocycles. The summed E-state index contributed by atoms with van der Waals surface area (Å²) in [7, 11) is 0. The highest BCUT2D eigenvalue weighted by Gasteiger charge is 2.11. The topological polar surface area (TPSA) is 68.4 Å². The van der Waals surface area contributed by atoms with Gasteiger partial charge in [0.1, 0.15) is 5.75 Å². The van der Waals surface area contributed by atoms with Crippen molar-refractivity contribution in [2.24, 2.45) is 0 Å². The van der Waals surface area contributed by atoms with Crippen LogP contribution in [-0.2, 0) is 19.6 Å². The highest BCUT2D eigenvalue weighted by Crippen LogP contribution is 2.28. The summed E-state index contributed by atoms with van der Waals surface area (Å²) in [5, 5.41) is 13.3. The number of hydrogen-bond acceptors (Lipinski definition) is 5. The van der Waals surface area contributed by atoms with Crippen molar-refractivity contribution in [3.05, 3.63) is 39.4 Å². The van der Waals surface area contributed by atoms with Crippen molar-refractivity contribution in [1.82, 2.24) is 10.1 Å². The Morgan fingerprint density at radius 1 is 1.40 bits per heavy atom. The molecule has 0 saturated heterocycles. The van der Waals surface area contributed by atoms with E-state index in [0.29, 0.717) is 17.5 Å². The zero-order valence-electron chi connectivity index (χ0n) is 11.5. The summed E-state index contributed by atoms with van der Waals surface area (Å²) in [5.74, 6) is 1.80. The Balaban J connectivity index is 2.10. The van der Waals surface area contributed by atoms with Gasteiger partial charge in [-0.25, -0.2) is 0 Å². The fraction of sp³-hybridized carbons (Fsp3) is 0.429. The van der Waals surface area contributed by atoms with Crippen LogP contribution in [0.25, 0.3) is 0 Å². The van der Waals surface area contributed by atoms with Crippen molar-refractivity contribution < 1.29 is 14.4 Å². The first kappa shape index (κ1) is 15.0.